The lowest BCUT2D eigenvalue weighted by Crippen LogP contribution is -2.25. The van der Waals surface area contributed by atoms with Crippen molar-refractivity contribution < 1.29 is 9.18 Å². The van der Waals surface area contributed by atoms with E-state index in [2.05, 4.69) is 21.2 Å². The van der Waals surface area contributed by atoms with Crippen molar-refractivity contribution in [3.63, 3.8) is 0 Å². The van der Waals surface area contributed by atoms with Crippen LogP contribution >= 0.6 is 15.9 Å². The first-order valence-corrected chi connectivity index (χ1v) is 7.12. The second-order valence-electron chi connectivity index (χ2n) is 4.82. The molecule has 0 saturated heterocycles. The van der Waals surface area contributed by atoms with Crippen molar-refractivity contribution in [3.8, 4) is 0 Å². The van der Waals surface area contributed by atoms with Crippen molar-refractivity contribution in [2.45, 2.75) is 32.1 Å². The van der Waals surface area contributed by atoms with Crippen LogP contribution in [-0.4, -0.2) is 12.5 Å². The van der Waals surface area contributed by atoms with Gasteiger partial charge in [-0.2, -0.15) is 0 Å². The van der Waals surface area contributed by atoms with Crippen molar-refractivity contribution in [1.82, 2.24) is 5.32 Å². The Morgan fingerprint density at radius 3 is 3.06 bits per heavy atom. The van der Waals surface area contributed by atoms with E-state index in [-0.39, 0.29) is 11.7 Å². The van der Waals surface area contributed by atoms with Crippen LogP contribution in [0.4, 0.5) is 4.39 Å². The van der Waals surface area contributed by atoms with Crippen LogP contribution in [0.1, 0.15) is 37.7 Å². The number of carbonyl (C=O) groups excluding carboxylic acids is 1. The van der Waals surface area contributed by atoms with E-state index in [1.165, 1.54) is 6.07 Å². The molecule has 0 heterocycles. The number of hydrogen-bond acceptors (Lipinski definition) is 1. The second kappa shape index (κ2) is 5.83. The molecule has 0 bridgehead atoms. The molecule has 0 radical (unpaired) electrons. The van der Waals surface area contributed by atoms with Gasteiger partial charge in [-0.3, -0.25) is 4.79 Å². The Labute approximate surface area is 115 Å². The standard InChI is InChI=1S/C14H17BrFNO/c1-2-3-14(18)17-8-9-6-11(9)12-7-10(16)4-5-13(12)15/h4-5,7,9,11H,2-3,6,8H2,1H3,(H,17,18)/t9-,11+/m0/s1. The average Bonchev–Trinajstić information content (AvgIpc) is 3.09. The SMILES string of the molecule is CCCC(=O)NC[C@@H]1C[C@H]1c1cc(F)ccc1Br. The Balaban J connectivity index is 1.87. The van der Waals surface area contributed by atoms with Crippen molar-refractivity contribution in [2.75, 3.05) is 6.54 Å². The van der Waals surface area contributed by atoms with Crippen LogP contribution < -0.4 is 5.32 Å². The Hall–Kier alpha value is -0.900. The van der Waals surface area contributed by atoms with Gasteiger partial charge in [0, 0.05) is 17.4 Å². The number of halogens is 2. The summed E-state index contributed by atoms with van der Waals surface area (Å²) in [5.74, 6) is 0.733. The zero-order valence-corrected chi connectivity index (χ0v) is 12.0. The van der Waals surface area contributed by atoms with Gasteiger partial charge in [-0.1, -0.05) is 22.9 Å². The molecule has 0 aliphatic heterocycles. The molecular formula is C14H17BrFNO. The van der Waals surface area contributed by atoms with Gasteiger partial charge in [0.25, 0.3) is 0 Å². The molecular weight excluding hydrogens is 297 g/mol. The first kappa shape index (κ1) is 13.5. The van der Waals surface area contributed by atoms with Crippen molar-refractivity contribution in [3.05, 3.63) is 34.1 Å². The highest BCUT2D eigenvalue weighted by molar-refractivity contribution is 9.10. The number of hydrogen-bond donors (Lipinski definition) is 1. The Morgan fingerprint density at radius 2 is 2.33 bits per heavy atom. The molecule has 18 heavy (non-hydrogen) atoms. The van der Waals surface area contributed by atoms with Gasteiger partial charge in [-0.05, 0) is 48.4 Å². The highest BCUT2D eigenvalue weighted by atomic mass is 79.9. The van der Waals surface area contributed by atoms with E-state index in [4.69, 9.17) is 0 Å². The molecule has 1 aromatic rings. The normalized spacial score (nSPS) is 21.7. The quantitative estimate of drug-likeness (QED) is 0.884. The maximum Gasteiger partial charge on any atom is 0.219 e. The third-order valence-electron chi connectivity index (χ3n) is 3.32. The van der Waals surface area contributed by atoms with E-state index >= 15 is 0 Å². The summed E-state index contributed by atoms with van der Waals surface area (Å²) in [7, 11) is 0. The summed E-state index contributed by atoms with van der Waals surface area (Å²) >= 11 is 3.45. The minimum absolute atomic E-state index is 0.112. The Morgan fingerprint density at radius 1 is 1.56 bits per heavy atom. The molecule has 1 aliphatic rings. The lowest BCUT2D eigenvalue weighted by molar-refractivity contribution is -0.121. The second-order valence-corrected chi connectivity index (χ2v) is 5.68. The zero-order chi connectivity index (χ0) is 13.1. The number of nitrogens with one attached hydrogen (secondary N) is 1. The van der Waals surface area contributed by atoms with Gasteiger partial charge < -0.3 is 5.32 Å². The van der Waals surface area contributed by atoms with E-state index in [1.54, 1.807) is 12.1 Å². The van der Waals surface area contributed by atoms with Gasteiger partial charge in [-0.25, -0.2) is 4.39 Å². The summed E-state index contributed by atoms with van der Waals surface area (Å²) in [5, 5.41) is 2.93. The third kappa shape index (κ3) is 3.31. The molecule has 0 unspecified atom stereocenters. The number of carbonyl (C=O) groups is 1. The first-order chi connectivity index (χ1) is 8.61. The molecule has 2 atom stereocenters. The zero-order valence-electron chi connectivity index (χ0n) is 10.4. The summed E-state index contributed by atoms with van der Waals surface area (Å²) in [6, 6.07) is 4.78. The number of rotatable bonds is 5. The summed E-state index contributed by atoms with van der Waals surface area (Å²) in [5.41, 5.74) is 1.02. The lowest BCUT2D eigenvalue weighted by atomic mass is 10.1. The Bertz CT molecular complexity index is 449. The third-order valence-corrected chi connectivity index (χ3v) is 4.04. The fraction of sp³-hybridized carbons (Fsp3) is 0.500. The number of amides is 1. The first-order valence-electron chi connectivity index (χ1n) is 6.33. The summed E-state index contributed by atoms with van der Waals surface area (Å²) < 4.78 is 14.1. The number of benzene rings is 1. The fourth-order valence-corrected chi connectivity index (χ4v) is 2.75. The highest BCUT2D eigenvalue weighted by Crippen LogP contribution is 2.49. The monoisotopic (exact) mass is 313 g/mol. The fourth-order valence-electron chi connectivity index (χ4n) is 2.21. The molecule has 1 amide bonds. The van der Waals surface area contributed by atoms with Crippen LogP contribution in [0, 0.1) is 11.7 Å². The predicted octanol–water partition coefficient (Wildman–Crippen LogP) is 3.61. The molecule has 1 N–H and O–H groups in total. The van der Waals surface area contributed by atoms with Crippen LogP contribution in [-0.2, 0) is 4.79 Å². The van der Waals surface area contributed by atoms with E-state index in [0.29, 0.717) is 24.8 Å². The van der Waals surface area contributed by atoms with Gasteiger partial charge >= 0.3 is 0 Å². The maximum atomic E-state index is 13.2. The molecule has 0 aromatic heterocycles. The van der Waals surface area contributed by atoms with Crippen LogP contribution in [0.2, 0.25) is 0 Å². The van der Waals surface area contributed by atoms with Crippen molar-refractivity contribution >= 4 is 21.8 Å². The minimum atomic E-state index is -0.200. The summed E-state index contributed by atoms with van der Waals surface area (Å²) in [6.07, 6.45) is 2.48. The van der Waals surface area contributed by atoms with Crippen LogP contribution in [0.3, 0.4) is 0 Å². The topological polar surface area (TPSA) is 29.1 Å². The molecule has 1 aromatic carbocycles. The van der Waals surface area contributed by atoms with E-state index < -0.39 is 0 Å². The molecule has 1 saturated carbocycles. The highest BCUT2D eigenvalue weighted by Gasteiger charge is 2.39. The summed E-state index contributed by atoms with van der Waals surface area (Å²) in [6.45, 7) is 2.69. The van der Waals surface area contributed by atoms with Crippen LogP contribution in [0.15, 0.2) is 22.7 Å². The predicted molar refractivity (Wildman–Crippen MR) is 72.9 cm³/mol. The Kier molecular flexibility index (Phi) is 4.38. The van der Waals surface area contributed by atoms with Crippen LogP contribution in [0.25, 0.3) is 0 Å². The average molecular weight is 314 g/mol. The van der Waals surface area contributed by atoms with Gasteiger partial charge in [0.05, 0.1) is 0 Å². The van der Waals surface area contributed by atoms with Gasteiger partial charge in [0.1, 0.15) is 5.82 Å². The van der Waals surface area contributed by atoms with E-state index in [1.807, 2.05) is 6.92 Å². The van der Waals surface area contributed by atoms with Crippen LogP contribution in [0.5, 0.6) is 0 Å². The largest absolute Gasteiger partial charge is 0.356 e. The molecule has 4 heteroatoms. The molecule has 2 nitrogen and oxygen atoms in total. The van der Waals surface area contributed by atoms with Gasteiger partial charge in [-0.15, -0.1) is 0 Å². The molecule has 1 fully saturated rings. The molecule has 1 aliphatic carbocycles. The van der Waals surface area contributed by atoms with Crippen molar-refractivity contribution in [2.24, 2.45) is 5.92 Å². The lowest BCUT2D eigenvalue weighted by Gasteiger charge is -2.06. The maximum absolute atomic E-state index is 13.2. The summed E-state index contributed by atoms with van der Waals surface area (Å²) in [4.78, 5) is 11.4. The van der Waals surface area contributed by atoms with Gasteiger partial charge in [0.2, 0.25) is 5.91 Å². The minimum Gasteiger partial charge on any atom is -0.356 e. The van der Waals surface area contributed by atoms with Gasteiger partial charge in [0.15, 0.2) is 0 Å². The van der Waals surface area contributed by atoms with E-state index in [0.717, 1.165) is 22.9 Å². The molecule has 0 spiro atoms. The molecule has 2 rings (SSSR count). The van der Waals surface area contributed by atoms with Crippen molar-refractivity contribution in [1.29, 1.82) is 0 Å². The van der Waals surface area contributed by atoms with E-state index in [9.17, 15) is 9.18 Å². The molecule has 98 valence electrons. The smallest absolute Gasteiger partial charge is 0.219 e.